The molecule has 1 aromatic rings. The lowest BCUT2D eigenvalue weighted by Gasteiger charge is -2.32. The second-order valence-electron chi connectivity index (χ2n) is 5.43. The minimum Gasteiger partial charge on any atom is -0.338 e. The van der Waals surface area contributed by atoms with E-state index in [2.05, 4.69) is 29.2 Å². The summed E-state index contributed by atoms with van der Waals surface area (Å²) in [7, 11) is 0. The molecule has 6 heteroatoms. The van der Waals surface area contributed by atoms with Crippen molar-refractivity contribution in [2.24, 2.45) is 5.92 Å². The molecule has 2 heterocycles. The fraction of sp³-hybridized carbons (Fsp3) is 0.769. The van der Waals surface area contributed by atoms with Crippen LogP contribution >= 0.6 is 0 Å². The molecule has 2 rings (SSSR count). The Kier molecular flexibility index (Phi) is 4.90. The van der Waals surface area contributed by atoms with Crippen LogP contribution in [0.3, 0.4) is 0 Å². The monoisotopic (exact) mass is 265 g/mol. The Hall–Kier alpha value is -1.43. The molecule has 1 N–H and O–H groups in total. The van der Waals surface area contributed by atoms with E-state index in [9.17, 15) is 4.79 Å². The highest BCUT2D eigenvalue weighted by molar-refractivity contribution is 5.76. The van der Waals surface area contributed by atoms with Crippen molar-refractivity contribution in [2.45, 2.75) is 39.3 Å². The number of amides is 1. The van der Waals surface area contributed by atoms with Gasteiger partial charge in [0.15, 0.2) is 0 Å². The van der Waals surface area contributed by atoms with Crippen molar-refractivity contribution in [1.82, 2.24) is 25.0 Å². The van der Waals surface area contributed by atoms with E-state index in [0.29, 0.717) is 5.92 Å². The normalized spacial score (nSPS) is 16.8. The van der Waals surface area contributed by atoms with Crippen LogP contribution in [0.2, 0.25) is 0 Å². The van der Waals surface area contributed by atoms with E-state index in [-0.39, 0.29) is 18.5 Å². The summed E-state index contributed by atoms with van der Waals surface area (Å²) in [5.74, 6) is 0.738. The summed E-state index contributed by atoms with van der Waals surface area (Å²) in [6, 6.07) is 0.228. The van der Waals surface area contributed by atoms with Gasteiger partial charge in [0, 0.05) is 12.6 Å². The van der Waals surface area contributed by atoms with Crippen LogP contribution in [0.4, 0.5) is 0 Å². The van der Waals surface area contributed by atoms with Crippen LogP contribution in [-0.4, -0.2) is 51.2 Å². The third-order valence-corrected chi connectivity index (χ3v) is 3.62. The molecule has 0 atom stereocenters. The minimum atomic E-state index is 0.124. The molecule has 0 radical (unpaired) electrons. The van der Waals surface area contributed by atoms with Crippen molar-refractivity contribution in [1.29, 1.82) is 0 Å². The molecule has 0 unspecified atom stereocenters. The highest BCUT2D eigenvalue weighted by Gasteiger charge is 2.23. The number of hydrogen-bond acceptors (Lipinski definition) is 4. The second kappa shape index (κ2) is 6.65. The molecular formula is C13H23N5O. The summed E-state index contributed by atoms with van der Waals surface area (Å²) >= 11 is 0. The van der Waals surface area contributed by atoms with E-state index in [4.69, 9.17) is 0 Å². The Morgan fingerprint density at radius 1 is 1.47 bits per heavy atom. The van der Waals surface area contributed by atoms with Crippen LogP contribution in [0.15, 0.2) is 12.7 Å². The summed E-state index contributed by atoms with van der Waals surface area (Å²) in [4.78, 5) is 18.2. The van der Waals surface area contributed by atoms with Gasteiger partial charge < -0.3 is 10.2 Å². The van der Waals surface area contributed by atoms with Crippen molar-refractivity contribution >= 4 is 5.91 Å². The lowest BCUT2D eigenvalue weighted by Crippen LogP contribution is -2.44. The highest BCUT2D eigenvalue weighted by atomic mass is 16.2. The van der Waals surface area contributed by atoms with E-state index in [0.717, 1.165) is 32.5 Å². The van der Waals surface area contributed by atoms with E-state index in [1.165, 1.54) is 6.33 Å². The largest absolute Gasteiger partial charge is 0.338 e. The molecule has 1 aliphatic rings. The van der Waals surface area contributed by atoms with Gasteiger partial charge in [-0.25, -0.2) is 9.67 Å². The molecule has 1 fully saturated rings. The Morgan fingerprint density at radius 2 is 2.21 bits per heavy atom. The molecule has 6 nitrogen and oxygen atoms in total. The molecule has 0 bridgehead atoms. The molecular weight excluding hydrogens is 242 g/mol. The molecule has 0 aliphatic carbocycles. The van der Waals surface area contributed by atoms with Crippen molar-refractivity contribution < 1.29 is 4.79 Å². The van der Waals surface area contributed by atoms with E-state index in [1.807, 2.05) is 4.90 Å². The van der Waals surface area contributed by atoms with Gasteiger partial charge in [0.2, 0.25) is 5.91 Å². The first kappa shape index (κ1) is 14.0. The first-order valence-corrected chi connectivity index (χ1v) is 6.99. The maximum Gasteiger partial charge on any atom is 0.244 e. The van der Waals surface area contributed by atoms with Gasteiger partial charge in [-0.3, -0.25) is 4.79 Å². The number of nitrogens with one attached hydrogen (secondary N) is 1. The van der Waals surface area contributed by atoms with E-state index < -0.39 is 0 Å². The van der Waals surface area contributed by atoms with Gasteiger partial charge in [0.1, 0.15) is 19.2 Å². The van der Waals surface area contributed by atoms with Crippen LogP contribution in [-0.2, 0) is 11.3 Å². The number of carbonyl (C=O) groups is 1. The summed E-state index contributed by atoms with van der Waals surface area (Å²) in [5.41, 5.74) is 0. The third kappa shape index (κ3) is 4.02. The first-order valence-electron chi connectivity index (χ1n) is 6.99. The van der Waals surface area contributed by atoms with Gasteiger partial charge in [0.05, 0.1) is 0 Å². The Labute approximate surface area is 114 Å². The maximum absolute atomic E-state index is 12.3. The fourth-order valence-electron chi connectivity index (χ4n) is 2.49. The third-order valence-electron chi connectivity index (χ3n) is 3.62. The summed E-state index contributed by atoms with van der Waals surface area (Å²) in [5, 5.41) is 7.35. The van der Waals surface area contributed by atoms with Gasteiger partial charge >= 0.3 is 0 Å². The number of carbonyl (C=O) groups excluding carboxylic acids is 1. The number of piperidine rings is 1. The topological polar surface area (TPSA) is 63.1 Å². The van der Waals surface area contributed by atoms with Crippen LogP contribution in [0.25, 0.3) is 0 Å². The van der Waals surface area contributed by atoms with Crippen molar-refractivity contribution in [3.05, 3.63) is 12.7 Å². The Bertz CT molecular complexity index is 384. The van der Waals surface area contributed by atoms with E-state index in [1.54, 1.807) is 11.0 Å². The first-order chi connectivity index (χ1) is 9.16. The smallest absolute Gasteiger partial charge is 0.244 e. The Balaban J connectivity index is 1.92. The maximum atomic E-state index is 12.3. The molecule has 0 aromatic carbocycles. The number of nitrogens with zero attached hydrogens (tertiary/aromatic N) is 4. The zero-order chi connectivity index (χ0) is 13.7. The van der Waals surface area contributed by atoms with Crippen LogP contribution in [0.5, 0.6) is 0 Å². The fourth-order valence-corrected chi connectivity index (χ4v) is 2.49. The highest BCUT2D eigenvalue weighted by Crippen LogP contribution is 2.15. The summed E-state index contributed by atoms with van der Waals surface area (Å²) < 4.78 is 1.58. The molecule has 1 amide bonds. The van der Waals surface area contributed by atoms with Crippen LogP contribution in [0, 0.1) is 5.92 Å². The molecule has 1 aromatic heterocycles. The van der Waals surface area contributed by atoms with Gasteiger partial charge in [-0.1, -0.05) is 0 Å². The van der Waals surface area contributed by atoms with Crippen LogP contribution < -0.4 is 5.32 Å². The predicted molar refractivity (Wildman–Crippen MR) is 72.5 cm³/mol. The zero-order valence-corrected chi connectivity index (χ0v) is 11.7. The van der Waals surface area contributed by atoms with Crippen LogP contribution in [0.1, 0.15) is 26.7 Å². The standard InChI is InChI=1S/C13H23N5O/c1-11(2)18(7-12-3-5-14-6-4-12)13(19)8-17-10-15-9-16-17/h9-12,14H,3-8H2,1-2H3. The molecule has 19 heavy (non-hydrogen) atoms. The van der Waals surface area contributed by atoms with Crippen molar-refractivity contribution in [3.63, 3.8) is 0 Å². The van der Waals surface area contributed by atoms with Crippen molar-refractivity contribution in [3.8, 4) is 0 Å². The second-order valence-corrected chi connectivity index (χ2v) is 5.43. The quantitative estimate of drug-likeness (QED) is 0.843. The number of rotatable bonds is 5. The summed E-state index contributed by atoms with van der Waals surface area (Å²) in [6.07, 6.45) is 5.35. The van der Waals surface area contributed by atoms with Crippen molar-refractivity contribution in [2.75, 3.05) is 19.6 Å². The zero-order valence-electron chi connectivity index (χ0n) is 11.7. The average molecular weight is 265 g/mol. The number of aromatic nitrogens is 3. The Morgan fingerprint density at radius 3 is 2.79 bits per heavy atom. The lowest BCUT2D eigenvalue weighted by atomic mass is 9.97. The SMILES string of the molecule is CC(C)N(CC1CCNCC1)C(=O)Cn1cncn1. The van der Waals surface area contributed by atoms with Gasteiger partial charge in [-0.05, 0) is 45.7 Å². The van der Waals surface area contributed by atoms with Gasteiger partial charge in [-0.15, -0.1) is 0 Å². The van der Waals surface area contributed by atoms with Gasteiger partial charge in [-0.2, -0.15) is 5.10 Å². The molecule has 1 saturated heterocycles. The summed E-state index contributed by atoms with van der Waals surface area (Å²) in [6.45, 7) is 7.40. The molecule has 1 aliphatic heterocycles. The molecule has 0 spiro atoms. The van der Waals surface area contributed by atoms with E-state index >= 15 is 0 Å². The molecule has 106 valence electrons. The lowest BCUT2D eigenvalue weighted by molar-refractivity contribution is -0.134. The minimum absolute atomic E-state index is 0.124. The predicted octanol–water partition coefficient (Wildman–Crippen LogP) is 0.515. The number of hydrogen-bond donors (Lipinski definition) is 1. The van der Waals surface area contributed by atoms with Gasteiger partial charge in [0.25, 0.3) is 0 Å². The average Bonchev–Trinajstić information content (AvgIpc) is 2.89. The molecule has 0 saturated carbocycles.